The summed E-state index contributed by atoms with van der Waals surface area (Å²) < 4.78 is 10.7. The van der Waals surface area contributed by atoms with Crippen LogP contribution in [0.4, 0.5) is 0 Å². The Balaban J connectivity index is 3.47. The summed E-state index contributed by atoms with van der Waals surface area (Å²) in [5.74, 6) is -0.586. The Labute approximate surface area is 435 Å². The molecule has 1 unspecified atom stereocenters. The van der Waals surface area contributed by atoms with Gasteiger partial charge in [0.1, 0.15) is 6.61 Å². The molecule has 0 saturated heterocycles. The van der Waals surface area contributed by atoms with Crippen LogP contribution in [0.15, 0.2) is 85.1 Å². The first-order valence-electron chi connectivity index (χ1n) is 30.1. The number of rotatable bonds is 55. The van der Waals surface area contributed by atoms with E-state index in [1.807, 2.05) is 0 Å². The normalized spacial score (nSPS) is 12.8. The van der Waals surface area contributed by atoms with Crippen LogP contribution in [0.1, 0.15) is 296 Å². The number of hydrogen-bond donors (Lipinski definition) is 1. The van der Waals surface area contributed by atoms with Crippen molar-refractivity contribution in [3.05, 3.63) is 85.1 Å². The van der Waals surface area contributed by atoms with Crippen molar-refractivity contribution in [1.29, 1.82) is 0 Å². The van der Waals surface area contributed by atoms with Crippen molar-refractivity contribution in [2.75, 3.05) is 13.2 Å². The Hall–Kier alpha value is -2.92. The van der Waals surface area contributed by atoms with Crippen molar-refractivity contribution < 1.29 is 24.2 Å². The number of ether oxygens (including phenoxy) is 2. The lowest BCUT2D eigenvalue weighted by Gasteiger charge is -2.15. The molecule has 0 fully saturated rings. The first-order valence-corrected chi connectivity index (χ1v) is 30.1. The summed E-state index contributed by atoms with van der Waals surface area (Å²) in [6, 6.07) is 0. The van der Waals surface area contributed by atoms with Crippen LogP contribution < -0.4 is 0 Å². The summed E-state index contributed by atoms with van der Waals surface area (Å²) in [4.78, 5) is 24.6. The average Bonchev–Trinajstić information content (AvgIpc) is 3.36. The molecule has 0 aliphatic carbocycles. The van der Waals surface area contributed by atoms with Gasteiger partial charge in [-0.3, -0.25) is 9.59 Å². The highest BCUT2D eigenvalue weighted by Gasteiger charge is 2.16. The molecule has 0 heterocycles. The van der Waals surface area contributed by atoms with Crippen LogP contribution in [0, 0.1) is 0 Å². The predicted octanol–water partition coefficient (Wildman–Crippen LogP) is 20.5. The van der Waals surface area contributed by atoms with E-state index >= 15 is 0 Å². The Bertz CT molecular complexity index is 1290. The third-order valence-corrected chi connectivity index (χ3v) is 13.2. The van der Waals surface area contributed by atoms with Crippen molar-refractivity contribution in [1.82, 2.24) is 0 Å². The highest BCUT2D eigenvalue weighted by Crippen LogP contribution is 2.17. The summed E-state index contributed by atoms with van der Waals surface area (Å²) >= 11 is 0. The molecule has 0 radical (unpaired) electrons. The monoisotopic (exact) mass is 975 g/mol. The lowest BCUT2D eigenvalue weighted by atomic mass is 10.0. The maximum Gasteiger partial charge on any atom is 0.306 e. The molecule has 5 heteroatoms. The molecule has 70 heavy (non-hydrogen) atoms. The van der Waals surface area contributed by atoms with Crippen LogP contribution in [0.2, 0.25) is 0 Å². The van der Waals surface area contributed by atoms with Gasteiger partial charge in [-0.1, -0.05) is 279 Å². The fraction of sp³-hybridized carbons (Fsp3) is 0.754. The molecule has 0 aromatic rings. The molecule has 0 aromatic carbocycles. The van der Waals surface area contributed by atoms with Crippen LogP contribution in [0.5, 0.6) is 0 Å². The van der Waals surface area contributed by atoms with Gasteiger partial charge in [0, 0.05) is 12.8 Å². The Morgan fingerprint density at radius 3 is 0.929 bits per heavy atom. The van der Waals surface area contributed by atoms with Gasteiger partial charge in [0.05, 0.1) is 6.61 Å². The minimum absolute atomic E-state index is 0.0683. The lowest BCUT2D eigenvalue weighted by Crippen LogP contribution is -2.28. The first-order chi connectivity index (χ1) is 34.6. The maximum absolute atomic E-state index is 12.3. The van der Waals surface area contributed by atoms with E-state index in [2.05, 4.69) is 98.9 Å². The lowest BCUT2D eigenvalue weighted by molar-refractivity contribution is -0.161. The topological polar surface area (TPSA) is 72.8 Å². The standard InChI is InChI=1S/C65H114O5/c1-3-5-7-9-11-13-15-17-19-21-23-25-27-29-30-31-32-33-34-36-38-40-42-44-46-48-50-52-54-56-58-60-65(68)70-63(61-66)62-69-64(67)59-57-55-53-51-49-47-45-43-41-39-37-35-28-26-24-22-20-18-16-14-12-10-8-6-4-2/h5,7,11,13,16-19,22-25,28,35,63,66H,3-4,6,8-10,12,14-15,20-21,26-27,29-34,36-62H2,1-2H3/b7-5-,13-11-,18-16-,19-17-,24-22-,25-23-,35-28-. The van der Waals surface area contributed by atoms with E-state index in [1.165, 1.54) is 193 Å². The number of hydrogen-bond acceptors (Lipinski definition) is 5. The first kappa shape index (κ1) is 67.1. The molecular formula is C65H114O5. The van der Waals surface area contributed by atoms with E-state index in [9.17, 15) is 14.7 Å². The van der Waals surface area contributed by atoms with E-state index in [4.69, 9.17) is 9.47 Å². The molecule has 0 aliphatic rings. The summed E-state index contributed by atoms with van der Waals surface area (Å²) in [6.45, 7) is 4.04. The van der Waals surface area contributed by atoms with Gasteiger partial charge >= 0.3 is 11.9 Å². The van der Waals surface area contributed by atoms with Crippen molar-refractivity contribution in [2.24, 2.45) is 0 Å². The Morgan fingerprint density at radius 1 is 0.343 bits per heavy atom. The van der Waals surface area contributed by atoms with Crippen LogP contribution in [0.25, 0.3) is 0 Å². The molecule has 0 aliphatic heterocycles. The molecule has 404 valence electrons. The quantitative estimate of drug-likeness (QED) is 0.0373. The summed E-state index contributed by atoms with van der Waals surface area (Å²) in [5, 5.41) is 9.67. The molecule has 5 nitrogen and oxygen atoms in total. The number of aliphatic hydroxyl groups excluding tert-OH is 1. The second kappa shape index (κ2) is 60.4. The number of carbonyl (C=O) groups excluding carboxylic acids is 2. The SMILES string of the molecule is CC/C=C\C/C=C\C/C=C\C/C=C\CCCCCCCCCCCCCCCCCCCCC(=O)OC(CO)COC(=O)CCCCCCCCCCCC/C=C\C/C=C\C/C=C\CCCCCCC. The smallest absolute Gasteiger partial charge is 0.306 e. The molecule has 1 atom stereocenters. The van der Waals surface area contributed by atoms with Gasteiger partial charge in [0.2, 0.25) is 0 Å². The van der Waals surface area contributed by atoms with Crippen molar-refractivity contribution >= 4 is 11.9 Å². The zero-order valence-electron chi connectivity index (χ0n) is 46.3. The highest BCUT2D eigenvalue weighted by atomic mass is 16.6. The molecule has 1 N–H and O–H groups in total. The second-order valence-electron chi connectivity index (χ2n) is 20.0. The minimum Gasteiger partial charge on any atom is -0.462 e. The van der Waals surface area contributed by atoms with E-state index in [-0.39, 0.29) is 25.2 Å². The number of aliphatic hydroxyl groups is 1. The largest absolute Gasteiger partial charge is 0.462 e. The van der Waals surface area contributed by atoms with Crippen molar-refractivity contribution in [3.8, 4) is 0 Å². The predicted molar refractivity (Wildman–Crippen MR) is 306 cm³/mol. The molecule has 0 bridgehead atoms. The zero-order chi connectivity index (χ0) is 50.6. The Morgan fingerprint density at radius 2 is 0.614 bits per heavy atom. The van der Waals surface area contributed by atoms with Crippen LogP contribution in [-0.2, 0) is 19.1 Å². The second-order valence-corrected chi connectivity index (χ2v) is 20.0. The summed E-state index contributed by atoms with van der Waals surface area (Å²) in [5.41, 5.74) is 0. The summed E-state index contributed by atoms with van der Waals surface area (Å²) in [7, 11) is 0. The Kier molecular flexibility index (Phi) is 57.9. The highest BCUT2D eigenvalue weighted by molar-refractivity contribution is 5.70. The van der Waals surface area contributed by atoms with Crippen LogP contribution >= 0.6 is 0 Å². The molecule has 0 saturated carbocycles. The molecule has 0 aromatic heterocycles. The van der Waals surface area contributed by atoms with E-state index < -0.39 is 6.10 Å². The van der Waals surface area contributed by atoms with Crippen molar-refractivity contribution in [3.63, 3.8) is 0 Å². The van der Waals surface area contributed by atoms with Gasteiger partial charge in [0.15, 0.2) is 6.10 Å². The third kappa shape index (κ3) is 57.7. The third-order valence-electron chi connectivity index (χ3n) is 13.2. The zero-order valence-corrected chi connectivity index (χ0v) is 46.3. The van der Waals surface area contributed by atoms with E-state index in [0.29, 0.717) is 12.8 Å². The van der Waals surface area contributed by atoms with Crippen LogP contribution in [0.3, 0.4) is 0 Å². The van der Waals surface area contributed by atoms with E-state index in [0.717, 1.165) is 77.0 Å². The number of carbonyl (C=O) groups is 2. The molecule has 0 amide bonds. The van der Waals surface area contributed by atoms with Gasteiger partial charge in [-0.05, 0) is 89.9 Å². The van der Waals surface area contributed by atoms with Gasteiger partial charge < -0.3 is 14.6 Å². The molecule has 0 rings (SSSR count). The number of allylic oxidation sites excluding steroid dienone is 14. The van der Waals surface area contributed by atoms with Crippen LogP contribution in [-0.4, -0.2) is 36.4 Å². The van der Waals surface area contributed by atoms with Gasteiger partial charge in [-0.15, -0.1) is 0 Å². The molecule has 0 spiro atoms. The minimum atomic E-state index is -0.777. The maximum atomic E-state index is 12.3. The fourth-order valence-corrected chi connectivity index (χ4v) is 8.67. The number of unbranched alkanes of at least 4 members (excludes halogenated alkanes) is 33. The molecular weight excluding hydrogens is 861 g/mol. The van der Waals surface area contributed by atoms with Crippen molar-refractivity contribution in [2.45, 2.75) is 302 Å². The van der Waals surface area contributed by atoms with E-state index in [1.54, 1.807) is 0 Å². The van der Waals surface area contributed by atoms with Gasteiger partial charge in [0.25, 0.3) is 0 Å². The number of esters is 2. The van der Waals surface area contributed by atoms with Gasteiger partial charge in [-0.25, -0.2) is 0 Å². The average molecular weight is 976 g/mol. The fourth-order valence-electron chi connectivity index (χ4n) is 8.67. The summed E-state index contributed by atoms with van der Waals surface area (Å²) in [6.07, 6.45) is 84.2. The van der Waals surface area contributed by atoms with Gasteiger partial charge in [-0.2, -0.15) is 0 Å².